The molecule has 0 saturated carbocycles. The maximum absolute atomic E-state index is 10.0. The zero-order valence-corrected chi connectivity index (χ0v) is 19.7. The number of benzene rings is 3. The van der Waals surface area contributed by atoms with Crippen molar-refractivity contribution in [3.63, 3.8) is 0 Å². The maximum Gasteiger partial charge on any atom is 0.161 e. The molecule has 0 aliphatic carbocycles. The van der Waals surface area contributed by atoms with Crippen molar-refractivity contribution in [2.75, 3.05) is 13.2 Å². The fraction of sp³-hybridized carbons (Fsp3) is 0.172. The molecule has 170 valence electrons. The molecule has 0 N–H and O–H groups in total. The van der Waals surface area contributed by atoms with Crippen molar-refractivity contribution in [3.05, 3.63) is 95.7 Å². The van der Waals surface area contributed by atoms with Gasteiger partial charge < -0.3 is 9.47 Å². The second-order valence-electron chi connectivity index (χ2n) is 7.78. The predicted octanol–water partition coefficient (Wildman–Crippen LogP) is 6.71. The number of allylic oxidation sites excluding steroid dienone is 1. The standard InChI is InChI=1S/C29H27N3O2/c1-4-33-27-16-15-23(18-28(27)34-5-2)24(19-30)17-25-20-32(26-9-7-6-8-10-26)31-29(25)22-13-11-21(3)12-14-22/h6-18,20H,4-5H2,1-3H3/b24-17+. The van der Waals surface area contributed by atoms with Gasteiger partial charge >= 0.3 is 0 Å². The van der Waals surface area contributed by atoms with E-state index in [1.54, 1.807) is 0 Å². The van der Waals surface area contributed by atoms with Gasteiger partial charge in [0, 0.05) is 17.3 Å². The molecule has 3 aromatic carbocycles. The van der Waals surface area contributed by atoms with Crippen LogP contribution in [0.15, 0.2) is 79.0 Å². The maximum atomic E-state index is 10.0. The summed E-state index contributed by atoms with van der Waals surface area (Å²) in [6.45, 7) is 6.97. The van der Waals surface area contributed by atoms with Crippen LogP contribution in [0.1, 0.15) is 30.5 Å². The van der Waals surface area contributed by atoms with Crippen LogP contribution in [0.25, 0.3) is 28.6 Å². The highest BCUT2D eigenvalue weighted by molar-refractivity contribution is 5.92. The number of nitriles is 1. The summed E-state index contributed by atoms with van der Waals surface area (Å²) in [6, 6.07) is 26.1. The first-order chi connectivity index (χ1) is 16.6. The Bertz CT molecular complexity index is 1330. The van der Waals surface area contributed by atoms with Gasteiger partial charge in [0.25, 0.3) is 0 Å². The number of aryl methyl sites for hydroxylation is 1. The van der Waals surface area contributed by atoms with Crippen molar-refractivity contribution in [3.8, 4) is 34.5 Å². The Morgan fingerprint density at radius 3 is 2.32 bits per heavy atom. The third-order valence-corrected chi connectivity index (χ3v) is 5.36. The highest BCUT2D eigenvalue weighted by Crippen LogP contribution is 2.33. The first-order valence-corrected chi connectivity index (χ1v) is 11.4. The molecule has 0 atom stereocenters. The lowest BCUT2D eigenvalue weighted by molar-refractivity contribution is 0.287. The first kappa shape index (κ1) is 22.9. The topological polar surface area (TPSA) is 60.1 Å². The van der Waals surface area contributed by atoms with Crippen LogP contribution in [0.3, 0.4) is 0 Å². The molecule has 4 rings (SSSR count). The van der Waals surface area contributed by atoms with E-state index in [0.29, 0.717) is 30.3 Å². The molecule has 5 heteroatoms. The molecule has 0 spiro atoms. The summed E-state index contributed by atoms with van der Waals surface area (Å²) in [4.78, 5) is 0. The monoisotopic (exact) mass is 449 g/mol. The Balaban J connectivity index is 1.83. The fourth-order valence-corrected chi connectivity index (χ4v) is 3.70. The average molecular weight is 450 g/mol. The zero-order chi connectivity index (χ0) is 23.9. The summed E-state index contributed by atoms with van der Waals surface area (Å²) in [5.41, 5.74) is 6.07. The van der Waals surface area contributed by atoms with Gasteiger partial charge in [0.05, 0.1) is 36.2 Å². The van der Waals surface area contributed by atoms with Gasteiger partial charge in [-0.25, -0.2) is 4.68 Å². The smallest absolute Gasteiger partial charge is 0.161 e. The second-order valence-corrected chi connectivity index (χ2v) is 7.78. The zero-order valence-electron chi connectivity index (χ0n) is 19.7. The molecule has 0 bridgehead atoms. The molecule has 1 aromatic heterocycles. The molecule has 4 aromatic rings. The van der Waals surface area contributed by atoms with Crippen molar-refractivity contribution >= 4 is 11.6 Å². The van der Waals surface area contributed by atoms with Crippen LogP contribution in [0.4, 0.5) is 0 Å². The molecule has 0 unspecified atom stereocenters. The van der Waals surface area contributed by atoms with Crippen LogP contribution in [0.5, 0.6) is 11.5 Å². The summed E-state index contributed by atoms with van der Waals surface area (Å²) in [5, 5.41) is 14.9. The van der Waals surface area contributed by atoms with Crippen molar-refractivity contribution in [2.24, 2.45) is 0 Å². The number of ether oxygens (including phenoxy) is 2. The van der Waals surface area contributed by atoms with Crippen molar-refractivity contribution < 1.29 is 9.47 Å². The highest BCUT2D eigenvalue weighted by atomic mass is 16.5. The van der Waals surface area contributed by atoms with Gasteiger partial charge in [-0.15, -0.1) is 0 Å². The van der Waals surface area contributed by atoms with Gasteiger partial charge in [-0.05, 0) is 62.7 Å². The molecule has 5 nitrogen and oxygen atoms in total. The summed E-state index contributed by atoms with van der Waals surface area (Å²) in [7, 11) is 0. The molecule has 34 heavy (non-hydrogen) atoms. The molecule has 0 aliphatic heterocycles. The molecule has 0 saturated heterocycles. The number of nitrogens with zero attached hydrogens (tertiary/aromatic N) is 3. The Morgan fingerprint density at radius 1 is 0.941 bits per heavy atom. The summed E-state index contributed by atoms with van der Waals surface area (Å²) >= 11 is 0. The van der Waals surface area contributed by atoms with Gasteiger partial charge in [-0.1, -0.05) is 48.0 Å². The molecule has 0 aliphatic rings. The minimum Gasteiger partial charge on any atom is -0.490 e. The van der Waals surface area contributed by atoms with E-state index in [9.17, 15) is 5.26 Å². The lowest BCUT2D eigenvalue weighted by atomic mass is 10.0. The number of hydrogen-bond acceptors (Lipinski definition) is 4. The average Bonchev–Trinajstić information content (AvgIpc) is 3.29. The largest absolute Gasteiger partial charge is 0.490 e. The van der Waals surface area contributed by atoms with Gasteiger partial charge in [0.15, 0.2) is 11.5 Å². The third kappa shape index (κ3) is 5.02. The van der Waals surface area contributed by atoms with E-state index in [2.05, 4.69) is 37.3 Å². The molecule has 0 radical (unpaired) electrons. The van der Waals surface area contributed by atoms with Gasteiger partial charge in [0.1, 0.15) is 0 Å². The lowest BCUT2D eigenvalue weighted by Gasteiger charge is -2.12. The van der Waals surface area contributed by atoms with Crippen molar-refractivity contribution in [2.45, 2.75) is 20.8 Å². The van der Waals surface area contributed by atoms with E-state index >= 15 is 0 Å². The van der Waals surface area contributed by atoms with Gasteiger partial charge in [-0.2, -0.15) is 10.4 Å². The molecular weight excluding hydrogens is 422 g/mol. The molecule has 1 heterocycles. The van der Waals surface area contributed by atoms with Crippen LogP contribution in [0.2, 0.25) is 0 Å². The van der Waals surface area contributed by atoms with Crippen LogP contribution < -0.4 is 9.47 Å². The highest BCUT2D eigenvalue weighted by Gasteiger charge is 2.14. The van der Waals surface area contributed by atoms with E-state index in [4.69, 9.17) is 14.6 Å². The molecule has 0 fully saturated rings. The van der Waals surface area contributed by atoms with E-state index in [1.165, 1.54) is 5.56 Å². The SMILES string of the molecule is CCOc1ccc(/C(C#N)=C/c2cn(-c3ccccc3)nc2-c2ccc(C)cc2)cc1OCC. The molecular formula is C29H27N3O2. The van der Waals surface area contributed by atoms with Crippen molar-refractivity contribution in [1.82, 2.24) is 9.78 Å². The Morgan fingerprint density at radius 2 is 1.65 bits per heavy atom. The van der Waals surface area contributed by atoms with Crippen LogP contribution in [0, 0.1) is 18.3 Å². The Labute approximate surface area is 200 Å². The van der Waals surface area contributed by atoms with E-state index in [0.717, 1.165) is 28.1 Å². The normalized spacial score (nSPS) is 11.2. The van der Waals surface area contributed by atoms with E-state index in [1.807, 2.05) is 79.3 Å². The first-order valence-electron chi connectivity index (χ1n) is 11.4. The van der Waals surface area contributed by atoms with E-state index in [-0.39, 0.29) is 0 Å². The number of para-hydroxylation sites is 1. The van der Waals surface area contributed by atoms with Crippen LogP contribution in [-0.2, 0) is 0 Å². The number of aromatic nitrogens is 2. The third-order valence-electron chi connectivity index (χ3n) is 5.36. The van der Waals surface area contributed by atoms with E-state index < -0.39 is 0 Å². The summed E-state index contributed by atoms with van der Waals surface area (Å²) in [5.74, 6) is 1.30. The van der Waals surface area contributed by atoms with Gasteiger partial charge in [0.2, 0.25) is 0 Å². The van der Waals surface area contributed by atoms with Crippen molar-refractivity contribution in [1.29, 1.82) is 5.26 Å². The summed E-state index contributed by atoms with van der Waals surface area (Å²) in [6.07, 6.45) is 3.84. The Kier molecular flexibility index (Phi) is 7.10. The van der Waals surface area contributed by atoms with Crippen LogP contribution in [-0.4, -0.2) is 23.0 Å². The quantitative estimate of drug-likeness (QED) is 0.281. The molecule has 0 amide bonds. The van der Waals surface area contributed by atoms with Gasteiger partial charge in [-0.3, -0.25) is 0 Å². The number of rotatable bonds is 8. The lowest BCUT2D eigenvalue weighted by Crippen LogP contribution is -1.99. The fourth-order valence-electron chi connectivity index (χ4n) is 3.70. The Hall–Kier alpha value is -4.30. The predicted molar refractivity (Wildman–Crippen MR) is 136 cm³/mol. The summed E-state index contributed by atoms with van der Waals surface area (Å²) < 4.78 is 13.3. The minimum absolute atomic E-state index is 0.510. The second kappa shape index (κ2) is 10.5. The number of hydrogen-bond donors (Lipinski definition) is 0. The minimum atomic E-state index is 0.510. The van der Waals surface area contributed by atoms with Crippen LogP contribution >= 0.6 is 0 Å².